The van der Waals surface area contributed by atoms with E-state index in [1.807, 2.05) is 44.2 Å². The molecule has 0 bridgehead atoms. The van der Waals surface area contributed by atoms with Gasteiger partial charge in [0.05, 0.1) is 26.3 Å². The standard InChI is InChI=1S/C28H36FN5O4/c1-4-20(2)26-27(36)32(14-15-38-19-22-10-12-23(29)13-11-22)17-24-33(26)25(35)18-31(3)34(24)28(37)30-16-21-8-6-5-7-9-21/h5-13,20,24,26H,4,14-19H2,1-3H3,(H,30,37)/t20?,24-,26-/m0/s1. The molecule has 38 heavy (non-hydrogen) atoms. The van der Waals surface area contributed by atoms with Crippen molar-refractivity contribution in [2.45, 2.75) is 45.6 Å². The Morgan fingerprint density at radius 2 is 1.82 bits per heavy atom. The molecule has 204 valence electrons. The van der Waals surface area contributed by atoms with Crippen molar-refractivity contribution in [1.82, 2.24) is 25.1 Å². The molecule has 2 fully saturated rings. The second-order valence-electron chi connectivity index (χ2n) is 9.88. The van der Waals surface area contributed by atoms with Crippen molar-refractivity contribution in [2.75, 3.05) is 33.3 Å². The van der Waals surface area contributed by atoms with E-state index < -0.39 is 12.2 Å². The van der Waals surface area contributed by atoms with E-state index in [-0.39, 0.29) is 49.3 Å². The quantitative estimate of drug-likeness (QED) is 0.509. The molecule has 10 heteroatoms. The molecule has 0 aromatic heterocycles. The number of rotatable bonds is 9. The molecule has 0 spiro atoms. The van der Waals surface area contributed by atoms with E-state index in [1.54, 1.807) is 39.0 Å². The van der Waals surface area contributed by atoms with Crippen LogP contribution in [-0.4, -0.2) is 83.2 Å². The first-order valence-electron chi connectivity index (χ1n) is 13.0. The van der Waals surface area contributed by atoms with Crippen molar-refractivity contribution in [2.24, 2.45) is 5.92 Å². The van der Waals surface area contributed by atoms with Crippen LogP contribution in [0.3, 0.4) is 0 Å². The highest BCUT2D eigenvalue weighted by molar-refractivity contribution is 5.91. The number of carbonyl (C=O) groups excluding carboxylic acids is 3. The number of benzene rings is 2. The van der Waals surface area contributed by atoms with Gasteiger partial charge >= 0.3 is 6.03 Å². The summed E-state index contributed by atoms with van der Waals surface area (Å²) in [6.07, 6.45) is 0.0727. The molecule has 0 aliphatic carbocycles. The number of hydrogen-bond acceptors (Lipinski definition) is 5. The highest BCUT2D eigenvalue weighted by Crippen LogP contribution is 2.30. The number of hydrazine groups is 1. The third-order valence-electron chi connectivity index (χ3n) is 7.24. The Morgan fingerprint density at radius 1 is 1.11 bits per heavy atom. The molecular formula is C28H36FN5O4. The van der Waals surface area contributed by atoms with Gasteiger partial charge in [0.1, 0.15) is 18.0 Å². The number of halogens is 1. The van der Waals surface area contributed by atoms with Gasteiger partial charge in [-0.05, 0) is 29.2 Å². The summed E-state index contributed by atoms with van der Waals surface area (Å²) in [7, 11) is 1.71. The first-order valence-corrected chi connectivity index (χ1v) is 13.0. The minimum Gasteiger partial charge on any atom is -0.375 e. The van der Waals surface area contributed by atoms with Crippen molar-refractivity contribution in [3.05, 3.63) is 71.5 Å². The molecule has 0 saturated carbocycles. The Balaban J connectivity index is 1.49. The van der Waals surface area contributed by atoms with Gasteiger partial charge in [-0.15, -0.1) is 0 Å². The molecule has 1 unspecified atom stereocenters. The first-order chi connectivity index (χ1) is 18.3. The summed E-state index contributed by atoms with van der Waals surface area (Å²) in [4.78, 5) is 43.5. The van der Waals surface area contributed by atoms with Crippen LogP contribution in [0.1, 0.15) is 31.4 Å². The van der Waals surface area contributed by atoms with Gasteiger partial charge < -0.3 is 19.9 Å². The molecule has 3 atom stereocenters. The van der Waals surface area contributed by atoms with Crippen LogP contribution >= 0.6 is 0 Å². The van der Waals surface area contributed by atoms with E-state index in [0.29, 0.717) is 26.1 Å². The highest BCUT2D eigenvalue weighted by Gasteiger charge is 2.51. The number of nitrogens with one attached hydrogen (secondary N) is 1. The maximum atomic E-state index is 13.6. The summed E-state index contributed by atoms with van der Waals surface area (Å²) in [5.41, 5.74) is 1.80. The van der Waals surface area contributed by atoms with Gasteiger partial charge in [0.25, 0.3) is 0 Å². The molecule has 2 aromatic carbocycles. The van der Waals surface area contributed by atoms with Crippen LogP contribution in [-0.2, 0) is 27.5 Å². The van der Waals surface area contributed by atoms with Gasteiger partial charge in [-0.3, -0.25) is 9.59 Å². The van der Waals surface area contributed by atoms with Gasteiger partial charge in [-0.1, -0.05) is 62.7 Å². The molecular weight excluding hydrogens is 489 g/mol. The second-order valence-corrected chi connectivity index (χ2v) is 9.88. The zero-order valence-electron chi connectivity index (χ0n) is 22.2. The van der Waals surface area contributed by atoms with Crippen molar-refractivity contribution in [3.8, 4) is 0 Å². The fourth-order valence-electron chi connectivity index (χ4n) is 5.00. The van der Waals surface area contributed by atoms with Crippen molar-refractivity contribution < 1.29 is 23.5 Å². The smallest absolute Gasteiger partial charge is 0.334 e. The summed E-state index contributed by atoms with van der Waals surface area (Å²) in [5.74, 6) is -0.703. The fraction of sp³-hybridized carbons (Fsp3) is 0.464. The van der Waals surface area contributed by atoms with Crippen LogP contribution in [0.5, 0.6) is 0 Å². The maximum Gasteiger partial charge on any atom is 0.334 e. The lowest BCUT2D eigenvalue weighted by molar-refractivity contribution is -0.190. The predicted octanol–water partition coefficient (Wildman–Crippen LogP) is 2.83. The summed E-state index contributed by atoms with van der Waals surface area (Å²) in [5, 5.41) is 6.13. The Morgan fingerprint density at radius 3 is 2.50 bits per heavy atom. The molecule has 2 heterocycles. The normalized spacial score (nSPS) is 20.9. The number of fused-ring (bicyclic) bond motifs is 1. The number of urea groups is 1. The minimum absolute atomic E-state index is 0.0102. The molecule has 4 amide bonds. The molecule has 1 N–H and O–H groups in total. The number of piperazine rings is 1. The highest BCUT2D eigenvalue weighted by atomic mass is 19.1. The summed E-state index contributed by atoms with van der Waals surface area (Å²) in [6, 6.07) is 14.7. The van der Waals surface area contributed by atoms with Gasteiger partial charge in [-0.2, -0.15) is 0 Å². The van der Waals surface area contributed by atoms with Gasteiger partial charge in [-0.25, -0.2) is 19.2 Å². The molecule has 9 nitrogen and oxygen atoms in total. The zero-order valence-corrected chi connectivity index (χ0v) is 22.2. The monoisotopic (exact) mass is 525 g/mol. The Hall–Kier alpha value is -3.50. The van der Waals surface area contributed by atoms with Crippen LogP contribution in [0.2, 0.25) is 0 Å². The molecule has 2 aliphatic heterocycles. The number of amides is 4. The van der Waals surface area contributed by atoms with Gasteiger partial charge in [0, 0.05) is 20.1 Å². The largest absolute Gasteiger partial charge is 0.375 e. The summed E-state index contributed by atoms with van der Waals surface area (Å²) >= 11 is 0. The number of ether oxygens (including phenoxy) is 1. The molecule has 4 rings (SSSR count). The number of nitrogens with zero attached hydrogens (tertiary/aromatic N) is 4. The molecule has 2 aliphatic rings. The third kappa shape index (κ3) is 6.14. The van der Waals surface area contributed by atoms with E-state index >= 15 is 0 Å². The van der Waals surface area contributed by atoms with E-state index in [0.717, 1.165) is 11.1 Å². The van der Waals surface area contributed by atoms with E-state index in [1.165, 1.54) is 12.1 Å². The maximum absolute atomic E-state index is 13.6. The third-order valence-corrected chi connectivity index (χ3v) is 7.24. The number of likely N-dealkylation sites (N-methyl/N-ethyl adjacent to an activating group) is 1. The van der Waals surface area contributed by atoms with Crippen molar-refractivity contribution >= 4 is 17.8 Å². The zero-order chi connectivity index (χ0) is 27.2. The second kappa shape index (κ2) is 12.4. The minimum atomic E-state index is -0.665. The molecule has 2 aromatic rings. The van der Waals surface area contributed by atoms with Crippen LogP contribution in [0.4, 0.5) is 9.18 Å². The number of carbonyl (C=O) groups is 3. The summed E-state index contributed by atoms with van der Waals surface area (Å²) in [6.45, 7) is 5.36. The Labute approximate surface area is 223 Å². The average Bonchev–Trinajstić information content (AvgIpc) is 2.91. The lowest BCUT2D eigenvalue weighted by Gasteiger charge is -2.55. The van der Waals surface area contributed by atoms with Crippen LogP contribution in [0, 0.1) is 11.7 Å². The number of hydrogen-bond donors (Lipinski definition) is 1. The van der Waals surface area contributed by atoms with E-state index in [9.17, 15) is 18.8 Å². The first kappa shape index (κ1) is 27.5. The average molecular weight is 526 g/mol. The van der Waals surface area contributed by atoms with Crippen LogP contribution in [0.25, 0.3) is 0 Å². The van der Waals surface area contributed by atoms with Crippen molar-refractivity contribution in [3.63, 3.8) is 0 Å². The fourth-order valence-corrected chi connectivity index (χ4v) is 5.00. The van der Waals surface area contributed by atoms with Gasteiger partial charge in [0.15, 0.2) is 0 Å². The van der Waals surface area contributed by atoms with E-state index in [2.05, 4.69) is 5.32 Å². The van der Waals surface area contributed by atoms with Gasteiger partial charge in [0.2, 0.25) is 11.8 Å². The lowest BCUT2D eigenvalue weighted by atomic mass is 9.92. The van der Waals surface area contributed by atoms with Crippen LogP contribution in [0.15, 0.2) is 54.6 Å². The summed E-state index contributed by atoms with van der Waals surface area (Å²) < 4.78 is 18.9. The van der Waals surface area contributed by atoms with Crippen LogP contribution < -0.4 is 5.32 Å². The van der Waals surface area contributed by atoms with Crippen molar-refractivity contribution in [1.29, 1.82) is 0 Å². The topological polar surface area (TPSA) is 85.4 Å². The Bertz CT molecular complexity index is 1120. The SMILES string of the molecule is CCC(C)[C@H]1C(=O)N(CCOCc2ccc(F)cc2)C[C@H]2N1C(=O)CN(C)N2C(=O)NCc1ccccc1. The molecule has 0 radical (unpaired) electrons. The lowest BCUT2D eigenvalue weighted by Crippen LogP contribution is -2.76. The predicted molar refractivity (Wildman–Crippen MR) is 140 cm³/mol. The molecule has 2 saturated heterocycles. The van der Waals surface area contributed by atoms with E-state index in [4.69, 9.17) is 4.74 Å². The Kier molecular flexibility index (Phi) is 8.96.